The number of ketones is 1. The van der Waals surface area contributed by atoms with E-state index in [2.05, 4.69) is 22.4 Å². The summed E-state index contributed by atoms with van der Waals surface area (Å²) in [5.74, 6) is 3.11. The van der Waals surface area contributed by atoms with E-state index >= 15 is 0 Å². The molecule has 0 aliphatic heterocycles. The topological polar surface area (TPSA) is 68.3 Å². The maximum atomic E-state index is 12.9. The number of amidine groups is 1. The third kappa shape index (κ3) is 5.97. The van der Waals surface area contributed by atoms with Crippen LogP contribution in [-0.2, 0) is 16.8 Å². The van der Waals surface area contributed by atoms with E-state index in [1.165, 1.54) is 5.56 Å². The lowest BCUT2D eigenvalue weighted by molar-refractivity contribution is -0.123. The van der Waals surface area contributed by atoms with Gasteiger partial charge >= 0.3 is 0 Å². The summed E-state index contributed by atoms with van der Waals surface area (Å²) in [5, 5.41) is 2.11. The molecule has 3 aromatic rings. The van der Waals surface area contributed by atoms with Gasteiger partial charge in [0.1, 0.15) is 11.3 Å². The number of nitrogens with two attached hydrogens (primary N) is 1. The Hall–Kier alpha value is -3.23. The van der Waals surface area contributed by atoms with Crippen LogP contribution in [0.15, 0.2) is 65.2 Å². The minimum absolute atomic E-state index is 0.129. The fourth-order valence-corrected chi connectivity index (χ4v) is 5.24. The largest absolute Gasteiger partial charge is 0.387 e. The van der Waals surface area contributed by atoms with Gasteiger partial charge in [0.15, 0.2) is 0 Å². The van der Waals surface area contributed by atoms with Crippen molar-refractivity contribution in [2.45, 2.75) is 52.0 Å². The number of carbonyl (C=O) groups is 1. The van der Waals surface area contributed by atoms with Crippen LogP contribution in [0.5, 0.6) is 0 Å². The monoisotopic (exact) mass is 457 g/mol. The third-order valence-corrected chi connectivity index (χ3v) is 7.23. The first-order valence-corrected chi connectivity index (χ1v) is 12.1. The maximum Gasteiger partial charge on any atom is 0.135 e. The zero-order valence-corrected chi connectivity index (χ0v) is 20.4. The molecule has 2 heterocycles. The lowest BCUT2D eigenvalue weighted by atomic mass is 9.78. The predicted molar refractivity (Wildman–Crippen MR) is 138 cm³/mol. The molecular formula is C28H31N3OS. The molecule has 2 N–H and O–H groups in total. The summed E-state index contributed by atoms with van der Waals surface area (Å²) >= 11 is 1.62. The molecule has 0 fully saturated rings. The molecule has 0 bridgehead atoms. The number of nitrogens with zero attached hydrogens (tertiary/aromatic N) is 2. The fraction of sp³-hybridized carbons (Fsp3) is 0.321. The number of carbonyl (C=O) groups excluding carboxylic acids is 1. The van der Waals surface area contributed by atoms with Gasteiger partial charge in [0.05, 0.1) is 5.84 Å². The molecule has 2 atom stereocenters. The molecular weight excluding hydrogens is 426 g/mol. The van der Waals surface area contributed by atoms with E-state index in [9.17, 15) is 4.79 Å². The quantitative estimate of drug-likeness (QED) is 0.231. The summed E-state index contributed by atoms with van der Waals surface area (Å²) in [7, 11) is 0. The van der Waals surface area contributed by atoms with Crippen LogP contribution in [0.4, 0.5) is 0 Å². The van der Waals surface area contributed by atoms with Crippen LogP contribution in [0, 0.1) is 18.3 Å². The molecule has 3 rings (SSSR count). The average molecular weight is 458 g/mol. The first kappa shape index (κ1) is 24.4. The van der Waals surface area contributed by atoms with Crippen molar-refractivity contribution < 1.29 is 4.79 Å². The van der Waals surface area contributed by atoms with Gasteiger partial charge in [-0.2, -0.15) is 0 Å². The van der Waals surface area contributed by atoms with E-state index in [0.29, 0.717) is 12.3 Å². The molecule has 0 radical (unpaired) electrons. The number of pyridine rings is 1. The average Bonchev–Trinajstić information content (AvgIpc) is 3.33. The number of aryl methyl sites for hydroxylation is 1. The number of Topliss-reactive ketones (excluding diaryl/α,β-unsaturated/α-hetero) is 1. The Labute approximate surface area is 201 Å². The highest BCUT2D eigenvalue weighted by molar-refractivity contribution is 7.10. The Bertz CT molecular complexity index is 1160. The number of hydrogen-bond donors (Lipinski definition) is 1. The van der Waals surface area contributed by atoms with Crippen molar-refractivity contribution >= 4 is 23.0 Å². The molecule has 1 aromatic carbocycles. The van der Waals surface area contributed by atoms with Crippen molar-refractivity contribution in [3.05, 3.63) is 76.2 Å². The highest BCUT2D eigenvalue weighted by atomic mass is 32.1. The molecule has 1 unspecified atom stereocenters. The van der Waals surface area contributed by atoms with Gasteiger partial charge in [-0.1, -0.05) is 25.0 Å². The van der Waals surface area contributed by atoms with Gasteiger partial charge in [0.2, 0.25) is 0 Å². The normalized spacial score (nSPS) is 14.3. The Kier molecular flexibility index (Phi) is 8.19. The summed E-state index contributed by atoms with van der Waals surface area (Å²) in [6.07, 6.45) is 12.3. The SMILES string of the molecule is C#Cc1cccc(-c2csc([C@@](C)(N=C(N)CC)C(CCCc3ccncc3)C(C)=O)c2)c1. The lowest BCUT2D eigenvalue weighted by Crippen LogP contribution is -2.36. The molecule has 2 aromatic heterocycles. The molecule has 33 heavy (non-hydrogen) atoms. The van der Waals surface area contributed by atoms with Crippen LogP contribution in [0.25, 0.3) is 11.1 Å². The number of benzene rings is 1. The van der Waals surface area contributed by atoms with Crippen LogP contribution in [0.2, 0.25) is 0 Å². The molecule has 0 aliphatic carbocycles. The van der Waals surface area contributed by atoms with Gasteiger partial charge < -0.3 is 5.73 Å². The Morgan fingerprint density at radius 1 is 1.24 bits per heavy atom. The second kappa shape index (κ2) is 11.1. The maximum absolute atomic E-state index is 12.9. The predicted octanol–water partition coefficient (Wildman–Crippen LogP) is 6.00. The molecule has 5 heteroatoms. The van der Waals surface area contributed by atoms with Crippen LogP contribution in [-0.4, -0.2) is 16.6 Å². The second-order valence-corrected chi connectivity index (χ2v) is 9.35. The smallest absolute Gasteiger partial charge is 0.135 e. The van der Waals surface area contributed by atoms with Crippen molar-refractivity contribution in [1.82, 2.24) is 4.98 Å². The summed E-state index contributed by atoms with van der Waals surface area (Å²) < 4.78 is 0. The number of terminal acetylenes is 1. The standard InChI is InChI=1S/C28H31N3OS/c1-5-21-9-7-11-23(17-21)24-18-26(33-19-24)28(4,31-27(29)6-2)25(20(3)32)12-8-10-22-13-15-30-16-14-22/h1,7,9,11,13-19,25H,6,8,10,12H2,2-4H3,(H2,29,31)/t25?,28-/m0/s1. The van der Waals surface area contributed by atoms with Crippen molar-refractivity contribution in [1.29, 1.82) is 0 Å². The van der Waals surface area contributed by atoms with Crippen LogP contribution in [0.1, 0.15) is 56.0 Å². The van der Waals surface area contributed by atoms with Gasteiger partial charge in [-0.25, -0.2) is 0 Å². The Morgan fingerprint density at radius 2 is 2.00 bits per heavy atom. The van der Waals surface area contributed by atoms with E-state index in [4.69, 9.17) is 17.1 Å². The highest BCUT2D eigenvalue weighted by Crippen LogP contribution is 2.42. The van der Waals surface area contributed by atoms with E-state index < -0.39 is 5.54 Å². The number of rotatable bonds is 10. The van der Waals surface area contributed by atoms with Crippen molar-refractivity contribution in [2.24, 2.45) is 16.6 Å². The minimum Gasteiger partial charge on any atom is -0.387 e. The molecule has 0 aliphatic rings. The number of aliphatic imine (C=N–C) groups is 1. The third-order valence-electron chi connectivity index (χ3n) is 6.08. The van der Waals surface area contributed by atoms with Crippen molar-refractivity contribution in [3.8, 4) is 23.5 Å². The number of aromatic nitrogens is 1. The first-order chi connectivity index (χ1) is 15.9. The first-order valence-electron chi connectivity index (χ1n) is 11.3. The summed E-state index contributed by atoms with van der Waals surface area (Å²) in [6, 6.07) is 14.1. The number of thiophene rings is 1. The summed E-state index contributed by atoms with van der Waals surface area (Å²) in [6.45, 7) is 5.69. The minimum atomic E-state index is -0.725. The van der Waals surface area contributed by atoms with Crippen LogP contribution in [0.3, 0.4) is 0 Å². The zero-order valence-electron chi connectivity index (χ0n) is 19.5. The van der Waals surface area contributed by atoms with Gasteiger partial charge in [-0.15, -0.1) is 17.8 Å². The van der Waals surface area contributed by atoms with E-state index in [1.807, 2.05) is 50.2 Å². The summed E-state index contributed by atoms with van der Waals surface area (Å²) in [4.78, 5) is 22.9. The number of hydrogen-bond acceptors (Lipinski definition) is 4. The van der Waals surface area contributed by atoms with E-state index in [-0.39, 0.29) is 11.7 Å². The molecule has 0 amide bonds. The molecule has 0 spiro atoms. The van der Waals surface area contributed by atoms with Crippen LogP contribution >= 0.6 is 11.3 Å². The fourth-order valence-electron chi connectivity index (χ4n) is 4.16. The molecule has 170 valence electrons. The van der Waals surface area contributed by atoms with E-state index in [0.717, 1.165) is 40.8 Å². The van der Waals surface area contributed by atoms with Gasteiger partial charge in [0, 0.05) is 35.2 Å². The van der Waals surface area contributed by atoms with E-state index in [1.54, 1.807) is 30.7 Å². The van der Waals surface area contributed by atoms with Crippen LogP contribution < -0.4 is 5.73 Å². The van der Waals surface area contributed by atoms with Crippen molar-refractivity contribution in [3.63, 3.8) is 0 Å². The van der Waals surface area contributed by atoms with Gasteiger partial charge in [-0.3, -0.25) is 14.8 Å². The van der Waals surface area contributed by atoms with Gasteiger partial charge in [-0.05, 0) is 85.5 Å². The highest BCUT2D eigenvalue weighted by Gasteiger charge is 2.40. The summed E-state index contributed by atoms with van der Waals surface area (Å²) in [5.41, 5.74) is 9.69. The Balaban J connectivity index is 1.94. The van der Waals surface area contributed by atoms with Gasteiger partial charge in [0.25, 0.3) is 0 Å². The zero-order chi connectivity index (χ0) is 23.8. The lowest BCUT2D eigenvalue weighted by Gasteiger charge is -2.33. The molecule has 0 saturated carbocycles. The van der Waals surface area contributed by atoms with Crippen molar-refractivity contribution in [2.75, 3.05) is 0 Å². The second-order valence-electron chi connectivity index (χ2n) is 8.44. The Morgan fingerprint density at radius 3 is 2.67 bits per heavy atom. The molecule has 0 saturated heterocycles. The molecule has 4 nitrogen and oxygen atoms in total.